The van der Waals surface area contributed by atoms with Gasteiger partial charge >= 0.3 is 5.97 Å². The number of aliphatic carboxylic acids is 1. The van der Waals surface area contributed by atoms with E-state index >= 15 is 0 Å². The molecule has 0 aliphatic carbocycles. The molecular formula is C12H10F2N2O2. The van der Waals surface area contributed by atoms with Crippen LogP contribution in [0.4, 0.5) is 8.78 Å². The van der Waals surface area contributed by atoms with Gasteiger partial charge in [0.05, 0.1) is 12.1 Å². The molecule has 1 aromatic carbocycles. The lowest BCUT2D eigenvalue weighted by Crippen LogP contribution is -2.00. The maximum absolute atomic E-state index is 13.5. The van der Waals surface area contributed by atoms with Gasteiger partial charge < -0.3 is 5.11 Å². The number of rotatable bonds is 3. The molecule has 0 aliphatic heterocycles. The maximum atomic E-state index is 13.5. The predicted molar refractivity (Wildman–Crippen MR) is 59.6 cm³/mol. The molecule has 1 heterocycles. The number of carboxylic acid groups (broad SMARTS) is 1. The van der Waals surface area contributed by atoms with Gasteiger partial charge in [0.1, 0.15) is 11.5 Å². The number of hydrogen-bond donors (Lipinski definition) is 1. The standard InChI is InChI=1S/C12H10F2N2O2/c1-7-8(4-12(17)18)6-16(15-7)11-3-2-9(13)5-10(11)14/h2-3,5-6H,4H2,1H3,(H,17,18). The van der Waals surface area contributed by atoms with E-state index in [-0.39, 0.29) is 12.1 Å². The number of halogens is 2. The lowest BCUT2D eigenvalue weighted by atomic mass is 10.2. The Hall–Kier alpha value is -2.24. The van der Waals surface area contributed by atoms with Gasteiger partial charge in [-0.05, 0) is 19.1 Å². The van der Waals surface area contributed by atoms with Crippen molar-refractivity contribution in [3.63, 3.8) is 0 Å². The quantitative estimate of drug-likeness (QED) is 0.909. The van der Waals surface area contributed by atoms with Gasteiger partial charge in [-0.1, -0.05) is 0 Å². The van der Waals surface area contributed by atoms with Crippen LogP contribution >= 0.6 is 0 Å². The summed E-state index contributed by atoms with van der Waals surface area (Å²) in [6.45, 7) is 1.64. The normalized spacial score (nSPS) is 10.6. The Morgan fingerprint density at radius 3 is 2.78 bits per heavy atom. The number of nitrogens with zero attached hydrogens (tertiary/aromatic N) is 2. The molecule has 18 heavy (non-hydrogen) atoms. The summed E-state index contributed by atoms with van der Waals surface area (Å²) in [5.74, 6) is -2.41. The predicted octanol–water partition coefficient (Wildman–Crippen LogP) is 2.09. The largest absolute Gasteiger partial charge is 0.481 e. The minimum absolute atomic E-state index is 0.0798. The van der Waals surface area contributed by atoms with Crippen molar-refractivity contribution in [3.8, 4) is 5.69 Å². The number of hydrogen-bond acceptors (Lipinski definition) is 2. The highest BCUT2D eigenvalue weighted by Gasteiger charge is 2.12. The molecule has 0 atom stereocenters. The molecule has 1 N–H and O–H groups in total. The molecule has 1 aromatic heterocycles. The summed E-state index contributed by atoms with van der Waals surface area (Å²) in [5.41, 5.74) is 1.07. The number of aryl methyl sites for hydroxylation is 1. The van der Waals surface area contributed by atoms with Crippen molar-refractivity contribution in [2.45, 2.75) is 13.3 Å². The van der Waals surface area contributed by atoms with Crippen LogP contribution in [-0.4, -0.2) is 20.9 Å². The zero-order valence-corrected chi connectivity index (χ0v) is 9.52. The van der Waals surface area contributed by atoms with Crippen LogP contribution in [0.5, 0.6) is 0 Å². The first-order valence-corrected chi connectivity index (χ1v) is 5.19. The third-order valence-corrected chi connectivity index (χ3v) is 2.50. The molecule has 0 saturated heterocycles. The highest BCUT2D eigenvalue weighted by atomic mass is 19.1. The van der Waals surface area contributed by atoms with Crippen molar-refractivity contribution in [1.82, 2.24) is 9.78 Å². The van der Waals surface area contributed by atoms with Gasteiger partial charge in [-0.2, -0.15) is 5.10 Å². The molecule has 0 fully saturated rings. The minimum Gasteiger partial charge on any atom is -0.481 e. The molecule has 0 bridgehead atoms. The highest BCUT2D eigenvalue weighted by molar-refractivity contribution is 5.70. The SMILES string of the molecule is Cc1nn(-c2ccc(F)cc2F)cc1CC(=O)O. The molecule has 0 unspecified atom stereocenters. The highest BCUT2D eigenvalue weighted by Crippen LogP contribution is 2.16. The fourth-order valence-corrected chi connectivity index (χ4v) is 1.62. The van der Waals surface area contributed by atoms with Crippen molar-refractivity contribution >= 4 is 5.97 Å². The molecular weight excluding hydrogens is 242 g/mol. The number of carboxylic acids is 1. The van der Waals surface area contributed by atoms with Crippen LogP contribution in [0, 0.1) is 18.6 Å². The summed E-state index contributed by atoms with van der Waals surface area (Å²) < 4.78 is 27.5. The number of benzene rings is 1. The lowest BCUT2D eigenvalue weighted by molar-refractivity contribution is -0.136. The summed E-state index contributed by atoms with van der Waals surface area (Å²) in [6, 6.07) is 3.12. The second kappa shape index (κ2) is 4.56. The first-order valence-electron chi connectivity index (χ1n) is 5.19. The second-order valence-corrected chi connectivity index (χ2v) is 3.85. The molecule has 0 amide bonds. The van der Waals surface area contributed by atoms with Gasteiger partial charge in [-0.3, -0.25) is 4.79 Å². The van der Waals surface area contributed by atoms with Crippen LogP contribution < -0.4 is 0 Å². The van der Waals surface area contributed by atoms with Crippen LogP contribution in [-0.2, 0) is 11.2 Å². The number of aromatic nitrogens is 2. The average molecular weight is 252 g/mol. The van der Waals surface area contributed by atoms with Crippen LogP contribution in [0.15, 0.2) is 24.4 Å². The topological polar surface area (TPSA) is 55.1 Å². The van der Waals surface area contributed by atoms with Gasteiger partial charge in [0.15, 0.2) is 5.82 Å². The maximum Gasteiger partial charge on any atom is 0.307 e. The van der Waals surface area contributed by atoms with Crippen LogP contribution in [0.2, 0.25) is 0 Å². The molecule has 0 radical (unpaired) electrons. The Morgan fingerprint density at radius 2 is 2.17 bits per heavy atom. The van der Waals surface area contributed by atoms with Gasteiger partial charge in [0.2, 0.25) is 0 Å². The fraction of sp³-hybridized carbons (Fsp3) is 0.167. The monoisotopic (exact) mass is 252 g/mol. The van der Waals surface area contributed by atoms with E-state index in [1.54, 1.807) is 6.92 Å². The Bertz CT molecular complexity index is 608. The van der Waals surface area contributed by atoms with Crippen LogP contribution in [0.3, 0.4) is 0 Å². The molecule has 0 aliphatic rings. The third-order valence-electron chi connectivity index (χ3n) is 2.50. The Balaban J connectivity index is 2.42. The molecule has 0 saturated carbocycles. The van der Waals surface area contributed by atoms with E-state index in [9.17, 15) is 13.6 Å². The molecule has 4 nitrogen and oxygen atoms in total. The Labute approximate surface area is 101 Å². The van der Waals surface area contributed by atoms with E-state index in [4.69, 9.17) is 5.11 Å². The summed E-state index contributed by atoms with van der Waals surface area (Å²) in [4.78, 5) is 10.6. The van der Waals surface area contributed by atoms with Gasteiger partial charge in [0, 0.05) is 17.8 Å². The van der Waals surface area contributed by atoms with Crippen molar-refractivity contribution in [2.24, 2.45) is 0 Å². The van der Waals surface area contributed by atoms with E-state index in [1.165, 1.54) is 16.9 Å². The molecule has 2 aromatic rings. The Kier molecular flexibility index (Phi) is 3.10. The van der Waals surface area contributed by atoms with Gasteiger partial charge in [-0.15, -0.1) is 0 Å². The van der Waals surface area contributed by atoms with Crippen molar-refractivity contribution < 1.29 is 18.7 Å². The Morgan fingerprint density at radius 1 is 1.44 bits per heavy atom. The third kappa shape index (κ3) is 2.37. The first-order chi connectivity index (χ1) is 8.47. The van der Waals surface area contributed by atoms with Crippen LogP contribution in [0.1, 0.15) is 11.3 Å². The second-order valence-electron chi connectivity index (χ2n) is 3.85. The van der Waals surface area contributed by atoms with Gasteiger partial charge in [0.25, 0.3) is 0 Å². The summed E-state index contributed by atoms with van der Waals surface area (Å²) in [7, 11) is 0. The van der Waals surface area contributed by atoms with E-state index in [1.807, 2.05) is 0 Å². The van der Waals surface area contributed by atoms with Crippen molar-refractivity contribution in [1.29, 1.82) is 0 Å². The molecule has 2 rings (SSSR count). The van der Waals surface area contributed by atoms with Crippen molar-refractivity contribution in [3.05, 3.63) is 47.3 Å². The summed E-state index contributed by atoms with van der Waals surface area (Å²) in [5, 5.41) is 12.7. The van der Waals surface area contributed by atoms with Crippen LogP contribution in [0.25, 0.3) is 5.69 Å². The van der Waals surface area contributed by atoms with Gasteiger partial charge in [-0.25, -0.2) is 13.5 Å². The van der Waals surface area contributed by atoms with E-state index in [0.29, 0.717) is 11.3 Å². The number of carbonyl (C=O) groups is 1. The van der Waals surface area contributed by atoms with Crippen molar-refractivity contribution in [2.75, 3.05) is 0 Å². The smallest absolute Gasteiger partial charge is 0.307 e. The zero-order valence-electron chi connectivity index (χ0n) is 9.52. The zero-order chi connectivity index (χ0) is 13.3. The molecule has 6 heteroatoms. The molecule has 94 valence electrons. The average Bonchev–Trinajstić information content (AvgIpc) is 2.59. The summed E-state index contributed by atoms with van der Waals surface area (Å²) >= 11 is 0. The summed E-state index contributed by atoms with van der Waals surface area (Å²) in [6.07, 6.45) is 1.24. The molecule has 0 spiro atoms. The lowest BCUT2D eigenvalue weighted by Gasteiger charge is -2.02. The van der Waals surface area contributed by atoms with E-state index in [2.05, 4.69) is 5.10 Å². The fourth-order valence-electron chi connectivity index (χ4n) is 1.62. The first kappa shape index (κ1) is 12.2. The minimum atomic E-state index is -0.989. The van der Waals surface area contributed by atoms with E-state index in [0.717, 1.165) is 12.1 Å². The van der Waals surface area contributed by atoms with E-state index < -0.39 is 17.6 Å².